The predicted molar refractivity (Wildman–Crippen MR) is 101 cm³/mol. The molecule has 3 aromatic rings. The van der Waals surface area contributed by atoms with E-state index in [9.17, 15) is 9.18 Å². The van der Waals surface area contributed by atoms with Crippen LogP contribution in [0.15, 0.2) is 54.6 Å². The zero-order chi connectivity index (χ0) is 18.7. The Hall–Kier alpha value is -3.08. The number of benzene rings is 2. The molecule has 0 aliphatic carbocycles. The maximum atomic E-state index is 13.2. The van der Waals surface area contributed by atoms with Crippen molar-refractivity contribution in [1.82, 2.24) is 4.57 Å². The maximum absolute atomic E-state index is 13.2. The smallest absolute Gasteiger partial charge is 0.183 e. The van der Waals surface area contributed by atoms with Crippen molar-refractivity contribution in [3.8, 4) is 11.4 Å². The number of anilines is 1. The topological polar surface area (TPSA) is 43.3 Å². The first-order valence-electron chi connectivity index (χ1n) is 8.36. The highest BCUT2D eigenvalue weighted by molar-refractivity contribution is 6.00. The number of rotatable bonds is 6. The maximum Gasteiger partial charge on any atom is 0.183 e. The molecule has 0 radical (unpaired) electrons. The van der Waals surface area contributed by atoms with Gasteiger partial charge < -0.3 is 14.6 Å². The number of Topliss-reactive ketones (excluding diaryl/α,β-unsaturated/α-hetero) is 1. The lowest BCUT2D eigenvalue weighted by Crippen LogP contribution is -2.15. The summed E-state index contributed by atoms with van der Waals surface area (Å²) in [6.07, 6.45) is 0. The number of ether oxygens (including phenoxy) is 1. The van der Waals surface area contributed by atoms with Crippen LogP contribution in [-0.4, -0.2) is 24.0 Å². The van der Waals surface area contributed by atoms with E-state index in [-0.39, 0.29) is 18.1 Å². The number of methoxy groups -OCH3 is 1. The van der Waals surface area contributed by atoms with Gasteiger partial charge in [-0.15, -0.1) is 0 Å². The van der Waals surface area contributed by atoms with Gasteiger partial charge in [0.2, 0.25) is 0 Å². The first kappa shape index (κ1) is 17.7. The van der Waals surface area contributed by atoms with Gasteiger partial charge in [-0.25, -0.2) is 4.39 Å². The van der Waals surface area contributed by atoms with Crippen molar-refractivity contribution in [2.24, 2.45) is 0 Å². The fraction of sp³-hybridized carbons (Fsp3) is 0.190. The zero-order valence-corrected chi connectivity index (χ0v) is 15.0. The third-order valence-electron chi connectivity index (χ3n) is 4.36. The molecule has 0 bridgehead atoms. The number of nitrogens with one attached hydrogen (secondary N) is 1. The van der Waals surface area contributed by atoms with E-state index in [1.807, 2.05) is 48.7 Å². The summed E-state index contributed by atoms with van der Waals surface area (Å²) < 4.78 is 20.4. The largest absolute Gasteiger partial charge is 0.495 e. The van der Waals surface area contributed by atoms with Crippen molar-refractivity contribution >= 4 is 11.5 Å². The Morgan fingerprint density at radius 1 is 1.12 bits per heavy atom. The molecule has 0 aliphatic heterocycles. The zero-order valence-electron chi connectivity index (χ0n) is 15.0. The highest BCUT2D eigenvalue weighted by atomic mass is 19.1. The molecule has 0 unspecified atom stereocenters. The van der Waals surface area contributed by atoms with Gasteiger partial charge in [0.25, 0.3) is 0 Å². The monoisotopic (exact) mass is 352 g/mol. The van der Waals surface area contributed by atoms with E-state index in [2.05, 4.69) is 5.32 Å². The predicted octanol–water partition coefficient (Wildman–Crippen LogP) is 4.54. The lowest BCUT2D eigenvalue weighted by molar-refractivity contribution is 0.101. The molecular weight excluding hydrogens is 331 g/mol. The highest BCUT2D eigenvalue weighted by Gasteiger charge is 2.17. The van der Waals surface area contributed by atoms with E-state index >= 15 is 0 Å². The van der Waals surface area contributed by atoms with Crippen molar-refractivity contribution < 1.29 is 13.9 Å². The van der Waals surface area contributed by atoms with Crippen LogP contribution in [0.25, 0.3) is 5.69 Å². The molecule has 0 spiro atoms. The van der Waals surface area contributed by atoms with E-state index in [1.54, 1.807) is 19.2 Å². The normalized spacial score (nSPS) is 10.6. The lowest BCUT2D eigenvalue weighted by atomic mass is 10.1. The Kier molecular flexibility index (Phi) is 5.07. The second kappa shape index (κ2) is 7.44. The third kappa shape index (κ3) is 3.47. The Morgan fingerprint density at radius 3 is 2.50 bits per heavy atom. The number of halogens is 1. The van der Waals surface area contributed by atoms with Crippen molar-refractivity contribution in [3.63, 3.8) is 0 Å². The minimum atomic E-state index is -0.284. The second-order valence-corrected chi connectivity index (χ2v) is 6.07. The molecule has 5 heteroatoms. The molecule has 1 aromatic heterocycles. The molecule has 0 amide bonds. The van der Waals surface area contributed by atoms with Gasteiger partial charge in [-0.2, -0.15) is 0 Å². The number of nitrogens with zero attached hydrogens (tertiary/aromatic N) is 1. The van der Waals surface area contributed by atoms with Gasteiger partial charge in [0.05, 0.1) is 19.3 Å². The van der Waals surface area contributed by atoms with Crippen LogP contribution in [0.1, 0.15) is 21.7 Å². The molecule has 0 atom stereocenters. The Balaban J connectivity index is 1.82. The SMILES string of the molecule is COc1ccccc1NCC(=O)c1cc(C)n(-c2ccc(F)cc2)c1C. The average molecular weight is 352 g/mol. The lowest BCUT2D eigenvalue weighted by Gasteiger charge is -2.11. The number of ketones is 1. The fourth-order valence-electron chi connectivity index (χ4n) is 3.09. The quantitative estimate of drug-likeness (QED) is 0.663. The number of carbonyl (C=O) groups is 1. The molecule has 0 saturated heterocycles. The molecule has 4 nitrogen and oxygen atoms in total. The first-order chi connectivity index (χ1) is 12.5. The van der Waals surface area contributed by atoms with E-state index in [0.717, 1.165) is 22.8 Å². The molecule has 134 valence electrons. The summed E-state index contributed by atoms with van der Waals surface area (Å²) in [4.78, 5) is 12.7. The van der Waals surface area contributed by atoms with E-state index < -0.39 is 0 Å². The Bertz CT molecular complexity index is 930. The Labute approximate surface area is 152 Å². The van der Waals surface area contributed by atoms with Gasteiger partial charge in [0.15, 0.2) is 5.78 Å². The van der Waals surface area contributed by atoms with Crippen molar-refractivity contribution in [3.05, 3.63) is 77.4 Å². The number of hydrogen-bond acceptors (Lipinski definition) is 3. The molecule has 2 aromatic carbocycles. The van der Waals surface area contributed by atoms with E-state index in [0.29, 0.717) is 11.3 Å². The summed E-state index contributed by atoms with van der Waals surface area (Å²) in [6.45, 7) is 3.99. The summed E-state index contributed by atoms with van der Waals surface area (Å²) in [6, 6.07) is 15.6. The van der Waals surface area contributed by atoms with Crippen molar-refractivity contribution in [2.45, 2.75) is 13.8 Å². The minimum Gasteiger partial charge on any atom is -0.495 e. The summed E-state index contributed by atoms with van der Waals surface area (Å²) in [5.74, 6) is 0.392. The van der Waals surface area contributed by atoms with Crippen LogP contribution < -0.4 is 10.1 Å². The van der Waals surface area contributed by atoms with Crippen LogP contribution >= 0.6 is 0 Å². The summed E-state index contributed by atoms with van der Waals surface area (Å²) in [7, 11) is 1.60. The number of carbonyl (C=O) groups excluding carboxylic acids is 1. The molecule has 3 rings (SSSR count). The van der Waals surface area contributed by atoms with Gasteiger partial charge >= 0.3 is 0 Å². The van der Waals surface area contributed by atoms with E-state index in [1.165, 1.54) is 12.1 Å². The number of para-hydroxylation sites is 2. The van der Waals surface area contributed by atoms with Crippen LogP contribution in [0.3, 0.4) is 0 Å². The van der Waals surface area contributed by atoms with Gasteiger partial charge in [0, 0.05) is 22.6 Å². The first-order valence-corrected chi connectivity index (χ1v) is 8.36. The van der Waals surface area contributed by atoms with Crippen LogP contribution in [-0.2, 0) is 0 Å². The number of aromatic nitrogens is 1. The molecular formula is C21H21FN2O2. The minimum absolute atomic E-state index is 0.0163. The van der Waals surface area contributed by atoms with Crippen molar-refractivity contribution in [1.29, 1.82) is 0 Å². The summed E-state index contributed by atoms with van der Waals surface area (Å²) in [5.41, 5.74) is 4.01. The van der Waals surface area contributed by atoms with Gasteiger partial charge in [-0.05, 0) is 56.3 Å². The second-order valence-electron chi connectivity index (χ2n) is 6.07. The van der Waals surface area contributed by atoms with Gasteiger partial charge in [-0.3, -0.25) is 4.79 Å². The standard InChI is InChI=1S/C21H21FN2O2/c1-14-12-18(15(2)24(14)17-10-8-16(22)9-11-17)20(25)13-23-19-6-4-5-7-21(19)26-3/h4-12,23H,13H2,1-3H3. The average Bonchev–Trinajstić information content (AvgIpc) is 2.95. The molecule has 26 heavy (non-hydrogen) atoms. The Morgan fingerprint density at radius 2 is 1.81 bits per heavy atom. The van der Waals surface area contributed by atoms with Crippen molar-refractivity contribution in [2.75, 3.05) is 19.0 Å². The van der Waals surface area contributed by atoms with Gasteiger partial charge in [-0.1, -0.05) is 12.1 Å². The molecule has 0 fully saturated rings. The summed E-state index contributed by atoms with van der Waals surface area (Å²) in [5, 5.41) is 3.13. The van der Waals surface area contributed by atoms with Crippen LogP contribution in [0.4, 0.5) is 10.1 Å². The number of aryl methyl sites for hydroxylation is 1. The van der Waals surface area contributed by atoms with Gasteiger partial charge in [0.1, 0.15) is 11.6 Å². The van der Waals surface area contributed by atoms with Crippen LogP contribution in [0.5, 0.6) is 5.75 Å². The van der Waals surface area contributed by atoms with E-state index in [4.69, 9.17) is 4.74 Å². The molecule has 1 N–H and O–H groups in total. The van der Waals surface area contributed by atoms with Crippen LogP contribution in [0, 0.1) is 19.7 Å². The fourth-order valence-corrected chi connectivity index (χ4v) is 3.09. The summed E-state index contributed by atoms with van der Waals surface area (Å²) >= 11 is 0. The molecule has 1 heterocycles. The molecule has 0 saturated carbocycles. The highest BCUT2D eigenvalue weighted by Crippen LogP contribution is 2.24. The number of hydrogen-bond donors (Lipinski definition) is 1. The third-order valence-corrected chi connectivity index (χ3v) is 4.36. The van der Waals surface area contributed by atoms with Crippen LogP contribution in [0.2, 0.25) is 0 Å². The molecule has 0 aliphatic rings.